The summed E-state index contributed by atoms with van der Waals surface area (Å²) in [6.45, 7) is 7.17. The molecule has 1 N–H and O–H groups in total. The first-order valence-corrected chi connectivity index (χ1v) is 12.1. The van der Waals surface area contributed by atoms with Crippen molar-refractivity contribution in [2.75, 3.05) is 22.4 Å². The number of carbonyl (C=O) groups is 1. The van der Waals surface area contributed by atoms with E-state index in [4.69, 9.17) is 0 Å². The molecular weight excluding hydrogens is 422 g/mol. The van der Waals surface area contributed by atoms with Crippen molar-refractivity contribution in [3.8, 4) is 0 Å². The van der Waals surface area contributed by atoms with E-state index in [1.807, 2.05) is 45.9 Å². The van der Waals surface area contributed by atoms with E-state index in [-0.39, 0.29) is 17.5 Å². The standard InChI is InChI=1S/C21H25N3O4S2/c1-13(2)24-17-10-9-16(11-18(17)29-21(24)26)22-19(25)12-23(30(5,27)28)20-14(3)7-6-8-15(20)4/h6-11,13H,12H2,1-5H3,(H,22,25). The molecule has 3 aromatic rings. The number of hydrogen-bond acceptors (Lipinski definition) is 5. The third kappa shape index (κ3) is 4.41. The summed E-state index contributed by atoms with van der Waals surface area (Å²) in [6, 6.07) is 10.8. The van der Waals surface area contributed by atoms with Crippen LogP contribution in [0.15, 0.2) is 41.2 Å². The second-order valence-electron chi connectivity index (χ2n) is 7.57. The van der Waals surface area contributed by atoms with Gasteiger partial charge in [-0.05, 0) is 57.0 Å². The maximum absolute atomic E-state index is 12.7. The Balaban J connectivity index is 1.88. The van der Waals surface area contributed by atoms with Crippen LogP contribution in [0.4, 0.5) is 11.4 Å². The van der Waals surface area contributed by atoms with E-state index in [0.717, 1.165) is 43.2 Å². The Kier molecular flexibility index (Phi) is 6.05. The number of fused-ring (bicyclic) bond motifs is 1. The number of amides is 1. The van der Waals surface area contributed by atoms with Gasteiger partial charge in [-0.25, -0.2) is 8.42 Å². The Bertz CT molecular complexity index is 1250. The summed E-state index contributed by atoms with van der Waals surface area (Å²) < 4.78 is 28.4. The molecule has 1 amide bonds. The quantitative estimate of drug-likeness (QED) is 0.624. The predicted molar refractivity (Wildman–Crippen MR) is 123 cm³/mol. The maximum atomic E-state index is 12.7. The Morgan fingerprint density at radius 2 is 1.80 bits per heavy atom. The summed E-state index contributed by atoms with van der Waals surface area (Å²) in [6.07, 6.45) is 1.09. The van der Waals surface area contributed by atoms with Gasteiger partial charge in [-0.3, -0.25) is 18.5 Å². The van der Waals surface area contributed by atoms with Gasteiger partial charge in [0, 0.05) is 11.7 Å². The molecule has 0 unspecified atom stereocenters. The number of nitrogens with zero attached hydrogens (tertiary/aromatic N) is 2. The van der Waals surface area contributed by atoms with Gasteiger partial charge < -0.3 is 5.32 Å². The highest BCUT2D eigenvalue weighted by atomic mass is 32.2. The highest BCUT2D eigenvalue weighted by Gasteiger charge is 2.24. The second-order valence-corrected chi connectivity index (χ2v) is 10.5. The molecule has 0 spiro atoms. The Labute approximate surface area is 180 Å². The SMILES string of the molecule is Cc1cccc(C)c1N(CC(=O)Nc1ccc2c(c1)sc(=O)n2C(C)C)S(C)(=O)=O. The minimum atomic E-state index is -3.67. The van der Waals surface area contributed by atoms with Gasteiger partial charge in [-0.2, -0.15) is 0 Å². The zero-order chi connectivity index (χ0) is 22.2. The van der Waals surface area contributed by atoms with Crippen molar-refractivity contribution in [1.29, 1.82) is 0 Å². The van der Waals surface area contributed by atoms with Gasteiger partial charge in [0.15, 0.2) is 0 Å². The van der Waals surface area contributed by atoms with Crippen molar-refractivity contribution in [2.24, 2.45) is 0 Å². The number of aryl methyl sites for hydroxylation is 2. The van der Waals surface area contributed by atoms with Gasteiger partial charge in [-0.15, -0.1) is 0 Å². The Hall–Kier alpha value is -2.65. The van der Waals surface area contributed by atoms with Crippen molar-refractivity contribution < 1.29 is 13.2 Å². The average molecular weight is 448 g/mol. The summed E-state index contributed by atoms with van der Waals surface area (Å²) >= 11 is 1.12. The number of aromatic nitrogens is 1. The number of sulfonamides is 1. The first kappa shape index (κ1) is 22.0. The fourth-order valence-corrected chi connectivity index (χ4v) is 5.52. The highest BCUT2D eigenvalue weighted by Crippen LogP contribution is 2.27. The van der Waals surface area contributed by atoms with Gasteiger partial charge in [0.05, 0.1) is 22.2 Å². The summed E-state index contributed by atoms with van der Waals surface area (Å²) in [4.78, 5) is 24.9. The van der Waals surface area contributed by atoms with Gasteiger partial charge >= 0.3 is 4.87 Å². The predicted octanol–water partition coefficient (Wildman–Crippen LogP) is 3.67. The molecule has 2 aromatic carbocycles. The third-order valence-corrected chi connectivity index (χ3v) is 6.82. The lowest BCUT2D eigenvalue weighted by Crippen LogP contribution is -2.38. The lowest BCUT2D eigenvalue weighted by molar-refractivity contribution is -0.114. The molecule has 160 valence electrons. The van der Waals surface area contributed by atoms with Crippen LogP contribution in [0, 0.1) is 13.8 Å². The van der Waals surface area contributed by atoms with E-state index in [9.17, 15) is 18.0 Å². The summed E-state index contributed by atoms with van der Waals surface area (Å²) in [5, 5.41) is 2.75. The number of thiazole rings is 1. The molecule has 1 heterocycles. The Morgan fingerprint density at radius 1 is 1.17 bits per heavy atom. The lowest BCUT2D eigenvalue weighted by Gasteiger charge is -2.25. The molecule has 7 nitrogen and oxygen atoms in total. The lowest BCUT2D eigenvalue weighted by atomic mass is 10.1. The van der Waals surface area contributed by atoms with E-state index in [2.05, 4.69) is 5.32 Å². The number of carbonyl (C=O) groups excluding carboxylic acids is 1. The number of para-hydroxylation sites is 1. The first-order valence-electron chi connectivity index (χ1n) is 9.48. The highest BCUT2D eigenvalue weighted by molar-refractivity contribution is 7.92. The van der Waals surface area contributed by atoms with Crippen molar-refractivity contribution in [3.05, 3.63) is 57.2 Å². The van der Waals surface area contributed by atoms with Crippen molar-refractivity contribution in [2.45, 2.75) is 33.7 Å². The van der Waals surface area contributed by atoms with Crippen LogP contribution in [0.25, 0.3) is 10.2 Å². The van der Waals surface area contributed by atoms with E-state index in [0.29, 0.717) is 11.4 Å². The molecule has 30 heavy (non-hydrogen) atoms. The van der Waals surface area contributed by atoms with Crippen molar-refractivity contribution >= 4 is 48.9 Å². The molecule has 0 fully saturated rings. The van der Waals surface area contributed by atoms with E-state index in [1.54, 1.807) is 22.8 Å². The molecule has 0 saturated carbocycles. The van der Waals surface area contributed by atoms with Crippen LogP contribution in [-0.2, 0) is 14.8 Å². The molecule has 3 rings (SSSR count). The summed E-state index contributed by atoms with van der Waals surface area (Å²) in [5.74, 6) is -0.460. The van der Waals surface area contributed by atoms with Gasteiger partial charge in [0.2, 0.25) is 15.9 Å². The number of rotatable bonds is 6. The fraction of sp³-hybridized carbons (Fsp3) is 0.333. The van der Waals surface area contributed by atoms with Crippen molar-refractivity contribution in [3.63, 3.8) is 0 Å². The molecule has 0 saturated heterocycles. The largest absolute Gasteiger partial charge is 0.324 e. The fourth-order valence-electron chi connectivity index (χ4n) is 3.50. The second kappa shape index (κ2) is 8.23. The number of benzene rings is 2. The van der Waals surface area contributed by atoms with Gasteiger partial charge in [-0.1, -0.05) is 29.5 Å². The molecule has 0 atom stereocenters. The van der Waals surface area contributed by atoms with Crippen molar-refractivity contribution in [1.82, 2.24) is 4.57 Å². The van der Waals surface area contributed by atoms with Crippen LogP contribution in [0.1, 0.15) is 31.0 Å². The zero-order valence-corrected chi connectivity index (χ0v) is 19.2. The molecule has 0 radical (unpaired) electrons. The minimum Gasteiger partial charge on any atom is -0.324 e. The molecule has 0 aliphatic rings. The summed E-state index contributed by atoms with van der Waals surface area (Å²) in [7, 11) is -3.67. The minimum absolute atomic E-state index is 0.0346. The zero-order valence-electron chi connectivity index (χ0n) is 17.6. The Morgan fingerprint density at radius 3 is 2.37 bits per heavy atom. The van der Waals surface area contributed by atoms with Gasteiger partial charge in [0.25, 0.3) is 0 Å². The molecule has 0 aliphatic heterocycles. The number of nitrogens with one attached hydrogen (secondary N) is 1. The van der Waals surface area contributed by atoms with Crippen LogP contribution >= 0.6 is 11.3 Å². The number of anilines is 2. The van der Waals surface area contributed by atoms with Crippen LogP contribution in [0.2, 0.25) is 0 Å². The normalized spacial score (nSPS) is 11.8. The third-order valence-electron chi connectivity index (χ3n) is 4.79. The van der Waals surface area contributed by atoms with Gasteiger partial charge in [0.1, 0.15) is 6.54 Å². The summed E-state index contributed by atoms with van der Waals surface area (Å²) in [5.41, 5.74) is 3.38. The topological polar surface area (TPSA) is 88.5 Å². The molecular formula is C21H25N3O4S2. The van der Waals surface area contributed by atoms with E-state index in [1.165, 1.54) is 0 Å². The van der Waals surface area contributed by atoms with E-state index < -0.39 is 15.9 Å². The molecule has 9 heteroatoms. The molecule has 0 aliphatic carbocycles. The van der Waals surface area contributed by atoms with Crippen LogP contribution in [0.3, 0.4) is 0 Å². The average Bonchev–Trinajstić information content (AvgIpc) is 2.94. The monoisotopic (exact) mass is 447 g/mol. The molecule has 1 aromatic heterocycles. The maximum Gasteiger partial charge on any atom is 0.308 e. The van der Waals surface area contributed by atoms with E-state index >= 15 is 0 Å². The van der Waals surface area contributed by atoms with Crippen LogP contribution < -0.4 is 14.5 Å². The first-order chi connectivity index (χ1) is 14.0. The molecule has 0 bridgehead atoms. The van der Waals surface area contributed by atoms with Crippen LogP contribution in [-0.4, -0.2) is 31.7 Å². The smallest absolute Gasteiger partial charge is 0.308 e. The number of hydrogen-bond donors (Lipinski definition) is 1. The van der Waals surface area contributed by atoms with Crippen LogP contribution in [0.5, 0.6) is 0 Å².